The number of aliphatic hydroxyl groups is 1. The quantitative estimate of drug-likeness (QED) is 0.0425. The number of hydrogen-bond acceptors (Lipinski definition) is 10. The highest BCUT2D eigenvalue weighted by Crippen LogP contribution is 2.44. The number of phosphoric ester groups is 1. The van der Waals surface area contributed by atoms with E-state index in [9.17, 15) is 38.5 Å². The van der Waals surface area contributed by atoms with E-state index in [4.69, 9.17) is 13.8 Å². The molecule has 0 saturated carbocycles. The molecule has 1 aromatic rings. The van der Waals surface area contributed by atoms with Crippen LogP contribution < -0.4 is 21.3 Å². The van der Waals surface area contributed by atoms with E-state index in [-0.39, 0.29) is 57.6 Å². The normalized spacial score (nSPS) is 14.1. The lowest BCUT2D eigenvalue weighted by atomic mass is 10.0. The van der Waals surface area contributed by atoms with Crippen molar-refractivity contribution in [1.29, 1.82) is 0 Å². The number of carbonyl (C=O) groups excluding carboxylic acids is 5. The summed E-state index contributed by atoms with van der Waals surface area (Å²) in [5.74, 6) is -2.61. The highest BCUT2D eigenvalue weighted by atomic mass is 31.2. The third kappa shape index (κ3) is 26.4. The lowest BCUT2D eigenvalue weighted by molar-refractivity contribution is -0.139. The average molecular weight is 856 g/mol. The Morgan fingerprint density at radius 1 is 0.847 bits per heavy atom. The zero-order valence-corrected chi connectivity index (χ0v) is 37.5. The number of phosphoric acid groups is 1. The number of unbranched alkanes of at least 4 members (excludes halogenated alkanes) is 6. The summed E-state index contributed by atoms with van der Waals surface area (Å²) >= 11 is 0. The van der Waals surface area contributed by atoms with E-state index in [0.29, 0.717) is 25.8 Å². The molecule has 17 heteroatoms. The predicted molar refractivity (Wildman–Crippen MR) is 227 cm³/mol. The molecule has 0 aliphatic carbocycles. The smallest absolute Gasteiger partial charge is 0.396 e. The second-order valence-corrected chi connectivity index (χ2v) is 17.5. The minimum Gasteiger partial charge on any atom is -0.396 e. The van der Waals surface area contributed by atoms with Crippen LogP contribution in [0.4, 0.5) is 0 Å². The predicted octanol–water partition coefficient (Wildman–Crippen LogP) is 4.56. The number of carbonyl (C=O) groups is 5. The van der Waals surface area contributed by atoms with E-state index in [1.54, 1.807) is 0 Å². The Balaban J connectivity index is 2.45. The van der Waals surface area contributed by atoms with Gasteiger partial charge in [0, 0.05) is 19.7 Å². The zero-order valence-electron chi connectivity index (χ0n) is 36.6. The minimum atomic E-state index is -4.34. The SMILES string of the molecule is CCCCN(CC(=O)N[C@@H](CC(C)C)C(=O)NCC(=O)N[C@@H](C)C(=O)NC[C@@H](C)OP(=O)(O)OCCCCCCCCc1ccccc1)C(=O)CCOC(C)(C)CCO. The summed E-state index contributed by atoms with van der Waals surface area (Å²) in [7, 11) is -4.34. The first-order valence-electron chi connectivity index (χ1n) is 21.2. The number of rotatable bonds is 33. The Hall–Kier alpha value is -3.40. The molecule has 0 spiro atoms. The summed E-state index contributed by atoms with van der Waals surface area (Å²) < 4.78 is 28.4. The van der Waals surface area contributed by atoms with Crippen LogP contribution in [0, 0.1) is 5.92 Å². The molecule has 1 unspecified atom stereocenters. The molecular formula is C42H74N5O11P. The Kier molecular flexibility index (Phi) is 27.0. The van der Waals surface area contributed by atoms with Crippen molar-refractivity contribution in [2.75, 3.05) is 46.0 Å². The average Bonchev–Trinajstić information content (AvgIpc) is 3.16. The summed E-state index contributed by atoms with van der Waals surface area (Å²) in [6.07, 6.45) is 8.23. The molecule has 0 aliphatic rings. The molecule has 6 N–H and O–H groups in total. The fourth-order valence-corrected chi connectivity index (χ4v) is 6.93. The second kappa shape index (κ2) is 29.8. The molecule has 338 valence electrons. The van der Waals surface area contributed by atoms with Crippen molar-refractivity contribution in [1.82, 2.24) is 26.2 Å². The maximum Gasteiger partial charge on any atom is 0.472 e. The Labute approximate surface area is 352 Å². The fraction of sp³-hybridized carbons (Fsp3) is 0.738. The molecule has 0 heterocycles. The maximum atomic E-state index is 13.1. The number of benzene rings is 1. The molecule has 16 nitrogen and oxygen atoms in total. The molecule has 1 aromatic carbocycles. The molecule has 0 saturated heterocycles. The van der Waals surface area contributed by atoms with Gasteiger partial charge in [0.15, 0.2) is 0 Å². The molecule has 59 heavy (non-hydrogen) atoms. The van der Waals surface area contributed by atoms with E-state index in [1.807, 2.05) is 52.8 Å². The number of aryl methyl sites for hydroxylation is 1. The monoisotopic (exact) mass is 856 g/mol. The molecule has 0 radical (unpaired) electrons. The molecule has 0 aromatic heterocycles. The lowest BCUT2D eigenvalue weighted by Crippen LogP contribution is -2.53. The number of nitrogens with zero attached hydrogens (tertiary/aromatic N) is 1. The van der Waals surface area contributed by atoms with Crippen LogP contribution in [-0.2, 0) is 48.7 Å². The summed E-state index contributed by atoms with van der Waals surface area (Å²) in [5.41, 5.74) is 0.740. The van der Waals surface area contributed by atoms with Crippen molar-refractivity contribution in [2.45, 2.75) is 149 Å². The molecule has 4 atom stereocenters. The van der Waals surface area contributed by atoms with Crippen LogP contribution in [0.3, 0.4) is 0 Å². The first-order chi connectivity index (χ1) is 27.9. The van der Waals surface area contributed by atoms with E-state index in [2.05, 4.69) is 33.4 Å². The second-order valence-electron chi connectivity index (χ2n) is 16.1. The van der Waals surface area contributed by atoms with E-state index >= 15 is 0 Å². The van der Waals surface area contributed by atoms with Gasteiger partial charge in [-0.2, -0.15) is 0 Å². The zero-order chi connectivity index (χ0) is 44.3. The molecule has 5 amide bonds. The van der Waals surface area contributed by atoms with Crippen molar-refractivity contribution >= 4 is 37.4 Å². The largest absolute Gasteiger partial charge is 0.472 e. The minimum absolute atomic E-state index is 0.00850. The first kappa shape index (κ1) is 53.6. The third-order valence-corrected chi connectivity index (χ3v) is 10.5. The standard InChI is InChI=1S/C42H74N5O11P/c1-8-9-24-47(39(51)22-27-56-42(6,7)23-25-48)31-38(50)46-36(28-32(2)3)41(53)44-30-37(49)45-34(5)40(52)43-29-33(4)58-59(54,55)57-26-18-13-11-10-12-15-19-35-20-16-14-17-21-35/h14,16-17,20-21,32-34,36,48H,8-13,15,18-19,22-31H2,1-7H3,(H,43,52)(H,44,53)(H,45,49)(H,46,50)(H,54,55)/t33-,34+,36+/m1/s1. The fourth-order valence-electron chi connectivity index (χ4n) is 5.98. The molecule has 0 fully saturated rings. The summed E-state index contributed by atoms with van der Waals surface area (Å²) in [6, 6.07) is 8.37. The lowest BCUT2D eigenvalue weighted by Gasteiger charge is -2.27. The van der Waals surface area contributed by atoms with Gasteiger partial charge in [-0.1, -0.05) is 83.2 Å². The topological polar surface area (TPSA) is 222 Å². The molecule has 0 aliphatic heterocycles. The van der Waals surface area contributed by atoms with Crippen LogP contribution in [0.15, 0.2) is 30.3 Å². The van der Waals surface area contributed by atoms with Gasteiger partial charge >= 0.3 is 7.82 Å². The Bertz CT molecular complexity index is 1430. The highest BCUT2D eigenvalue weighted by molar-refractivity contribution is 7.47. The maximum absolute atomic E-state index is 13.1. The number of aliphatic hydroxyl groups excluding tert-OH is 1. The van der Waals surface area contributed by atoms with Crippen molar-refractivity contribution in [2.24, 2.45) is 5.92 Å². The molecule has 1 rings (SSSR count). The Morgan fingerprint density at radius 2 is 1.51 bits per heavy atom. The van der Waals surface area contributed by atoms with Gasteiger partial charge in [0.05, 0.1) is 44.4 Å². The van der Waals surface area contributed by atoms with E-state index in [0.717, 1.165) is 44.9 Å². The van der Waals surface area contributed by atoms with Crippen LogP contribution in [-0.4, -0.2) is 114 Å². The van der Waals surface area contributed by atoms with Gasteiger partial charge in [-0.3, -0.25) is 33.0 Å². The summed E-state index contributed by atoms with van der Waals surface area (Å²) in [4.78, 5) is 76.1. The van der Waals surface area contributed by atoms with Gasteiger partial charge in [0.2, 0.25) is 29.5 Å². The van der Waals surface area contributed by atoms with Crippen LogP contribution in [0.1, 0.15) is 125 Å². The first-order valence-corrected chi connectivity index (χ1v) is 22.7. The van der Waals surface area contributed by atoms with Crippen LogP contribution in [0.5, 0.6) is 0 Å². The van der Waals surface area contributed by atoms with Crippen molar-refractivity contribution in [3.63, 3.8) is 0 Å². The third-order valence-electron chi connectivity index (χ3n) is 9.38. The molecular weight excluding hydrogens is 781 g/mol. The van der Waals surface area contributed by atoms with Crippen LogP contribution in [0.25, 0.3) is 0 Å². The van der Waals surface area contributed by atoms with E-state index in [1.165, 1.54) is 24.3 Å². The van der Waals surface area contributed by atoms with Gasteiger partial charge in [-0.15, -0.1) is 0 Å². The number of nitrogens with one attached hydrogen (secondary N) is 4. The van der Waals surface area contributed by atoms with Gasteiger partial charge in [-0.05, 0) is 77.7 Å². The van der Waals surface area contributed by atoms with Gasteiger partial charge in [0.25, 0.3) is 0 Å². The summed E-state index contributed by atoms with van der Waals surface area (Å²) in [5, 5.41) is 19.5. The Morgan fingerprint density at radius 3 is 2.15 bits per heavy atom. The van der Waals surface area contributed by atoms with Gasteiger partial charge < -0.3 is 40.9 Å². The number of amides is 5. The van der Waals surface area contributed by atoms with Crippen LogP contribution in [0.2, 0.25) is 0 Å². The molecule has 0 bridgehead atoms. The van der Waals surface area contributed by atoms with Crippen molar-refractivity contribution in [3.8, 4) is 0 Å². The van der Waals surface area contributed by atoms with Crippen LogP contribution >= 0.6 is 7.82 Å². The highest BCUT2D eigenvalue weighted by Gasteiger charge is 2.27. The number of ether oxygens (including phenoxy) is 1. The number of hydrogen-bond donors (Lipinski definition) is 6. The van der Waals surface area contributed by atoms with Gasteiger partial charge in [0.1, 0.15) is 12.1 Å². The van der Waals surface area contributed by atoms with Crippen molar-refractivity contribution < 1.29 is 52.3 Å². The summed E-state index contributed by atoms with van der Waals surface area (Å²) in [6.45, 7) is 12.0. The van der Waals surface area contributed by atoms with Crippen molar-refractivity contribution in [3.05, 3.63) is 35.9 Å². The van der Waals surface area contributed by atoms with Gasteiger partial charge in [-0.25, -0.2) is 4.57 Å². The van der Waals surface area contributed by atoms with E-state index < -0.39 is 61.8 Å².